The number of aromatic nitrogens is 2. The van der Waals surface area contributed by atoms with Crippen LogP contribution in [0.1, 0.15) is 42.1 Å². The van der Waals surface area contributed by atoms with Crippen LogP contribution in [0.2, 0.25) is 0 Å². The molecule has 2 fully saturated rings. The van der Waals surface area contributed by atoms with Crippen molar-refractivity contribution >= 4 is 0 Å². The summed E-state index contributed by atoms with van der Waals surface area (Å²) in [5.41, 5.74) is 4.15. The van der Waals surface area contributed by atoms with Gasteiger partial charge in [0.05, 0.1) is 12.3 Å². The molecule has 0 aromatic carbocycles. The number of hydrogen-bond acceptors (Lipinski definition) is 4. The van der Waals surface area contributed by atoms with Gasteiger partial charge in [-0.2, -0.15) is 0 Å². The lowest BCUT2D eigenvalue weighted by Gasteiger charge is -2.22. The first-order valence-electron chi connectivity index (χ1n) is 8.03. The summed E-state index contributed by atoms with van der Waals surface area (Å²) in [4.78, 5) is 11.7. The fourth-order valence-electron chi connectivity index (χ4n) is 3.58. The minimum absolute atomic E-state index is 0.738. The van der Waals surface area contributed by atoms with Gasteiger partial charge in [-0.05, 0) is 37.2 Å². The summed E-state index contributed by atoms with van der Waals surface area (Å²) < 4.78 is 5.50. The van der Waals surface area contributed by atoms with Crippen molar-refractivity contribution in [1.29, 1.82) is 0 Å². The van der Waals surface area contributed by atoms with Crippen LogP contribution in [-0.4, -0.2) is 47.7 Å². The maximum atomic E-state index is 5.50. The summed E-state index contributed by atoms with van der Waals surface area (Å²) in [5.74, 6) is 1.48. The Bertz CT molecular complexity index is 481. The summed E-state index contributed by atoms with van der Waals surface area (Å²) in [6, 6.07) is 0. The molecule has 4 nitrogen and oxygen atoms in total. The molecule has 3 heterocycles. The van der Waals surface area contributed by atoms with Gasteiger partial charge in [-0.15, -0.1) is 0 Å². The van der Waals surface area contributed by atoms with Gasteiger partial charge in [0.1, 0.15) is 6.33 Å². The minimum Gasteiger partial charge on any atom is -0.381 e. The van der Waals surface area contributed by atoms with E-state index in [0.717, 1.165) is 51.0 Å². The molecular formula is C16H23N3O. The number of hydrogen-bond donors (Lipinski definition) is 0. The van der Waals surface area contributed by atoms with E-state index in [1.807, 2.05) is 0 Å². The van der Waals surface area contributed by atoms with Gasteiger partial charge in [0, 0.05) is 44.3 Å². The zero-order valence-electron chi connectivity index (χ0n) is 12.1. The molecule has 1 aromatic rings. The lowest BCUT2D eigenvalue weighted by Crippen LogP contribution is -2.32. The second-order valence-electron chi connectivity index (χ2n) is 6.49. The second-order valence-corrected chi connectivity index (χ2v) is 6.49. The fourth-order valence-corrected chi connectivity index (χ4v) is 3.58. The molecule has 1 aliphatic carbocycles. The van der Waals surface area contributed by atoms with E-state index < -0.39 is 0 Å². The van der Waals surface area contributed by atoms with Crippen molar-refractivity contribution in [3.05, 3.63) is 23.3 Å². The fraction of sp³-hybridized carbons (Fsp3) is 0.750. The van der Waals surface area contributed by atoms with E-state index in [1.165, 1.54) is 42.8 Å². The highest BCUT2D eigenvalue weighted by Crippen LogP contribution is 2.41. The number of nitrogens with zero attached hydrogens (tertiary/aromatic N) is 3. The van der Waals surface area contributed by atoms with Crippen LogP contribution in [0.4, 0.5) is 0 Å². The van der Waals surface area contributed by atoms with E-state index in [9.17, 15) is 0 Å². The average molecular weight is 273 g/mol. The van der Waals surface area contributed by atoms with E-state index in [-0.39, 0.29) is 0 Å². The number of rotatable bonds is 3. The standard InChI is InChI=1S/C16H23N3O/c1-2-13(1)16-14-3-6-19(9-12-5-8-20-10-12)7-4-15(14)17-11-18-16/h11-13H,1-10H2/t12-/m0/s1. The van der Waals surface area contributed by atoms with Gasteiger partial charge >= 0.3 is 0 Å². The summed E-state index contributed by atoms with van der Waals surface area (Å²) in [6.07, 6.45) is 7.89. The topological polar surface area (TPSA) is 38.2 Å². The van der Waals surface area contributed by atoms with E-state index in [1.54, 1.807) is 6.33 Å². The van der Waals surface area contributed by atoms with Crippen LogP contribution in [-0.2, 0) is 17.6 Å². The van der Waals surface area contributed by atoms with Crippen LogP contribution in [0.5, 0.6) is 0 Å². The van der Waals surface area contributed by atoms with Gasteiger partial charge in [-0.3, -0.25) is 0 Å². The van der Waals surface area contributed by atoms with E-state index >= 15 is 0 Å². The van der Waals surface area contributed by atoms with Crippen LogP contribution in [0.15, 0.2) is 6.33 Å². The third-order valence-corrected chi connectivity index (χ3v) is 4.92. The molecule has 1 atom stereocenters. The second kappa shape index (κ2) is 5.41. The quantitative estimate of drug-likeness (QED) is 0.841. The smallest absolute Gasteiger partial charge is 0.115 e. The summed E-state index contributed by atoms with van der Waals surface area (Å²) in [5, 5.41) is 0. The van der Waals surface area contributed by atoms with Crippen molar-refractivity contribution in [2.24, 2.45) is 5.92 Å². The molecule has 3 aliphatic rings. The maximum absolute atomic E-state index is 5.50. The van der Waals surface area contributed by atoms with Gasteiger partial charge in [0.25, 0.3) is 0 Å². The molecule has 0 amide bonds. The highest BCUT2D eigenvalue weighted by atomic mass is 16.5. The molecule has 0 unspecified atom stereocenters. The molecule has 2 aliphatic heterocycles. The van der Waals surface area contributed by atoms with Crippen molar-refractivity contribution in [2.45, 2.75) is 38.0 Å². The van der Waals surface area contributed by atoms with Gasteiger partial charge in [0.15, 0.2) is 0 Å². The average Bonchev–Trinajstić information content (AvgIpc) is 3.22. The lowest BCUT2D eigenvalue weighted by molar-refractivity contribution is 0.168. The molecule has 0 radical (unpaired) electrons. The molecule has 108 valence electrons. The molecule has 1 saturated carbocycles. The van der Waals surface area contributed by atoms with Crippen LogP contribution in [0.3, 0.4) is 0 Å². The Hall–Kier alpha value is -1.00. The third-order valence-electron chi connectivity index (χ3n) is 4.92. The molecule has 1 saturated heterocycles. The Morgan fingerprint density at radius 3 is 2.85 bits per heavy atom. The number of fused-ring (bicyclic) bond motifs is 1. The Morgan fingerprint density at radius 2 is 2.05 bits per heavy atom. The van der Waals surface area contributed by atoms with Gasteiger partial charge in [-0.25, -0.2) is 9.97 Å². The van der Waals surface area contributed by atoms with Crippen LogP contribution in [0.25, 0.3) is 0 Å². The van der Waals surface area contributed by atoms with Crippen molar-refractivity contribution in [3.8, 4) is 0 Å². The van der Waals surface area contributed by atoms with E-state index in [0.29, 0.717) is 0 Å². The van der Waals surface area contributed by atoms with Gasteiger partial charge < -0.3 is 9.64 Å². The summed E-state index contributed by atoms with van der Waals surface area (Å²) in [7, 11) is 0. The molecule has 20 heavy (non-hydrogen) atoms. The molecule has 4 heteroatoms. The Labute approximate surface area is 120 Å². The van der Waals surface area contributed by atoms with Crippen LogP contribution in [0, 0.1) is 5.92 Å². The van der Waals surface area contributed by atoms with Crippen molar-refractivity contribution in [1.82, 2.24) is 14.9 Å². The highest BCUT2D eigenvalue weighted by Gasteiger charge is 2.30. The molecule has 0 N–H and O–H groups in total. The SMILES string of the molecule is c1nc2c(c(C3CC3)n1)CCN(C[C@@H]1CCOC1)CC2. The predicted octanol–water partition coefficient (Wildman–Crippen LogP) is 1.79. The minimum atomic E-state index is 0.738. The van der Waals surface area contributed by atoms with Crippen LogP contribution >= 0.6 is 0 Å². The Balaban J connectivity index is 1.46. The lowest BCUT2D eigenvalue weighted by atomic mass is 10.0. The predicted molar refractivity (Wildman–Crippen MR) is 76.8 cm³/mol. The van der Waals surface area contributed by atoms with E-state index in [2.05, 4.69) is 14.9 Å². The summed E-state index contributed by atoms with van der Waals surface area (Å²) >= 11 is 0. The number of ether oxygens (including phenoxy) is 1. The molecule has 1 aromatic heterocycles. The Kier molecular flexibility index (Phi) is 3.44. The molecular weight excluding hydrogens is 250 g/mol. The molecule has 0 bridgehead atoms. The first-order chi connectivity index (χ1) is 9.90. The highest BCUT2D eigenvalue weighted by molar-refractivity contribution is 5.31. The van der Waals surface area contributed by atoms with Crippen molar-refractivity contribution in [2.75, 3.05) is 32.8 Å². The zero-order valence-corrected chi connectivity index (χ0v) is 12.1. The maximum Gasteiger partial charge on any atom is 0.115 e. The Morgan fingerprint density at radius 1 is 1.15 bits per heavy atom. The first kappa shape index (κ1) is 12.7. The molecule has 4 rings (SSSR count). The summed E-state index contributed by atoms with van der Waals surface area (Å²) in [6.45, 7) is 5.41. The van der Waals surface area contributed by atoms with E-state index in [4.69, 9.17) is 4.74 Å². The zero-order chi connectivity index (χ0) is 13.4. The van der Waals surface area contributed by atoms with Crippen LogP contribution < -0.4 is 0 Å². The van der Waals surface area contributed by atoms with Gasteiger partial charge in [0.2, 0.25) is 0 Å². The van der Waals surface area contributed by atoms with Crippen molar-refractivity contribution < 1.29 is 4.74 Å². The van der Waals surface area contributed by atoms with Crippen molar-refractivity contribution in [3.63, 3.8) is 0 Å². The molecule has 0 spiro atoms. The normalized spacial score (nSPS) is 27.3. The van der Waals surface area contributed by atoms with Gasteiger partial charge in [-0.1, -0.05) is 0 Å². The first-order valence-corrected chi connectivity index (χ1v) is 8.03. The third kappa shape index (κ3) is 2.59. The monoisotopic (exact) mass is 273 g/mol. The largest absolute Gasteiger partial charge is 0.381 e.